The van der Waals surface area contributed by atoms with Gasteiger partial charge in [-0.05, 0) is 5.41 Å². The molecular formula is C10H16O4S. The van der Waals surface area contributed by atoms with Gasteiger partial charge in [-0.3, -0.25) is 9.59 Å². The molecule has 0 saturated carbocycles. The fourth-order valence-electron chi connectivity index (χ4n) is 0.701. The first-order valence-electron chi connectivity index (χ1n) is 4.75. The normalized spacial score (nSPS) is 11.6. The van der Waals surface area contributed by atoms with Gasteiger partial charge in [-0.2, -0.15) is 0 Å². The zero-order valence-electron chi connectivity index (χ0n) is 9.02. The monoisotopic (exact) mass is 232 g/mol. The molecule has 0 saturated heterocycles. The van der Waals surface area contributed by atoms with Crippen LogP contribution in [0.2, 0.25) is 0 Å². The molecule has 5 heteroatoms. The highest BCUT2D eigenvalue weighted by molar-refractivity contribution is 8.02. The standard InChI is InChI=1S/C10H16O4S/c1-4-8(11)13-7-10(15-6-3)14-9(12)5-2/h6,10H,3-5,7H2,1-2H3/t10-/m1/s1. The van der Waals surface area contributed by atoms with Crippen molar-refractivity contribution in [2.24, 2.45) is 0 Å². The van der Waals surface area contributed by atoms with Crippen molar-refractivity contribution in [1.82, 2.24) is 0 Å². The van der Waals surface area contributed by atoms with E-state index in [1.165, 1.54) is 11.8 Å². The second-order valence-corrected chi connectivity index (χ2v) is 3.74. The van der Waals surface area contributed by atoms with E-state index in [0.29, 0.717) is 12.8 Å². The predicted octanol–water partition coefficient (Wildman–Crippen LogP) is 2.10. The fraction of sp³-hybridized carbons (Fsp3) is 0.600. The van der Waals surface area contributed by atoms with Crippen LogP contribution in [0.15, 0.2) is 12.0 Å². The summed E-state index contributed by atoms with van der Waals surface area (Å²) in [6.45, 7) is 6.99. The van der Waals surface area contributed by atoms with Gasteiger partial charge in [-0.15, -0.1) is 0 Å². The molecule has 0 unspecified atom stereocenters. The molecule has 0 rings (SSSR count). The Morgan fingerprint density at radius 1 is 1.33 bits per heavy atom. The Hall–Kier alpha value is -0.970. The van der Waals surface area contributed by atoms with E-state index in [9.17, 15) is 9.59 Å². The lowest BCUT2D eigenvalue weighted by Gasteiger charge is -2.14. The summed E-state index contributed by atoms with van der Waals surface area (Å²) in [5.41, 5.74) is -0.495. The molecule has 86 valence electrons. The van der Waals surface area contributed by atoms with Gasteiger partial charge < -0.3 is 9.47 Å². The second kappa shape index (κ2) is 8.35. The summed E-state index contributed by atoms with van der Waals surface area (Å²) in [5.74, 6) is -0.626. The molecular weight excluding hydrogens is 216 g/mol. The minimum absolute atomic E-state index is 0.0646. The van der Waals surface area contributed by atoms with Gasteiger partial charge >= 0.3 is 11.9 Å². The Kier molecular flexibility index (Phi) is 7.81. The number of rotatable bonds is 7. The minimum Gasteiger partial charge on any atom is -0.461 e. The average molecular weight is 232 g/mol. The summed E-state index contributed by atoms with van der Waals surface area (Å²) in [6, 6.07) is 0. The van der Waals surface area contributed by atoms with Crippen LogP contribution >= 0.6 is 11.8 Å². The zero-order valence-corrected chi connectivity index (χ0v) is 9.84. The lowest BCUT2D eigenvalue weighted by Crippen LogP contribution is -2.21. The number of thioether (sulfide) groups is 1. The van der Waals surface area contributed by atoms with E-state index >= 15 is 0 Å². The molecule has 0 N–H and O–H groups in total. The molecule has 0 aromatic heterocycles. The molecule has 0 aliphatic carbocycles. The molecule has 0 heterocycles. The maximum atomic E-state index is 11.0. The smallest absolute Gasteiger partial charge is 0.306 e. The highest BCUT2D eigenvalue weighted by Crippen LogP contribution is 2.14. The van der Waals surface area contributed by atoms with Gasteiger partial charge in [-0.25, -0.2) is 0 Å². The van der Waals surface area contributed by atoms with Gasteiger partial charge in [0, 0.05) is 12.8 Å². The Labute approximate surface area is 94.0 Å². The minimum atomic E-state index is -0.495. The second-order valence-electron chi connectivity index (χ2n) is 2.61. The van der Waals surface area contributed by atoms with Crippen molar-refractivity contribution in [2.45, 2.75) is 32.1 Å². The van der Waals surface area contributed by atoms with E-state index in [-0.39, 0.29) is 18.5 Å². The molecule has 0 aliphatic rings. The predicted molar refractivity (Wildman–Crippen MR) is 59.2 cm³/mol. The first kappa shape index (κ1) is 14.0. The molecule has 0 spiro atoms. The van der Waals surface area contributed by atoms with Crippen LogP contribution in [0, 0.1) is 0 Å². The van der Waals surface area contributed by atoms with Crippen LogP contribution in [-0.4, -0.2) is 24.0 Å². The maximum absolute atomic E-state index is 11.0. The highest BCUT2D eigenvalue weighted by atomic mass is 32.2. The maximum Gasteiger partial charge on any atom is 0.306 e. The highest BCUT2D eigenvalue weighted by Gasteiger charge is 2.14. The van der Waals surface area contributed by atoms with E-state index in [0.717, 1.165) is 0 Å². The summed E-state index contributed by atoms with van der Waals surface area (Å²) in [5, 5.41) is 1.55. The number of esters is 2. The lowest BCUT2D eigenvalue weighted by molar-refractivity contribution is -0.153. The van der Waals surface area contributed by atoms with E-state index in [4.69, 9.17) is 9.47 Å². The third kappa shape index (κ3) is 7.02. The van der Waals surface area contributed by atoms with Gasteiger partial charge in [0.25, 0.3) is 0 Å². The summed E-state index contributed by atoms with van der Waals surface area (Å²) in [4.78, 5) is 21.9. The van der Waals surface area contributed by atoms with Gasteiger partial charge in [0.05, 0.1) is 0 Å². The van der Waals surface area contributed by atoms with Crippen LogP contribution in [0.1, 0.15) is 26.7 Å². The molecule has 0 aromatic carbocycles. The van der Waals surface area contributed by atoms with Gasteiger partial charge in [0.1, 0.15) is 6.61 Å². The Morgan fingerprint density at radius 3 is 2.40 bits per heavy atom. The van der Waals surface area contributed by atoms with Crippen molar-refractivity contribution in [2.75, 3.05) is 6.61 Å². The molecule has 0 radical (unpaired) electrons. The number of ether oxygens (including phenoxy) is 2. The number of hydrogen-bond donors (Lipinski definition) is 0. The number of carbonyl (C=O) groups excluding carboxylic acids is 2. The van der Waals surface area contributed by atoms with Crippen molar-refractivity contribution in [1.29, 1.82) is 0 Å². The fourth-order valence-corrected chi connectivity index (χ4v) is 1.23. The van der Waals surface area contributed by atoms with E-state index in [1.807, 2.05) is 0 Å². The largest absolute Gasteiger partial charge is 0.461 e. The SMILES string of the molecule is C=CS[C@H](COC(=O)CC)OC(=O)CC. The molecule has 0 fully saturated rings. The van der Waals surface area contributed by atoms with Crippen LogP contribution in [0.4, 0.5) is 0 Å². The Balaban J connectivity index is 3.97. The third-order valence-electron chi connectivity index (χ3n) is 1.47. The number of carbonyl (C=O) groups is 2. The van der Waals surface area contributed by atoms with Gasteiger partial charge in [0.2, 0.25) is 0 Å². The first-order valence-corrected chi connectivity index (χ1v) is 5.69. The van der Waals surface area contributed by atoms with Crippen molar-refractivity contribution >= 4 is 23.7 Å². The number of hydrogen-bond acceptors (Lipinski definition) is 5. The Morgan fingerprint density at radius 2 is 1.93 bits per heavy atom. The molecule has 15 heavy (non-hydrogen) atoms. The summed E-state index contributed by atoms with van der Waals surface area (Å²) in [6.07, 6.45) is 0.614. The molecule has 4 nitrogen and oxygen atoms in total. The van der Waals surface area contributed by atoms with Crippen LogP contribution < -0.4 is 0 Å². The van der Waals surface area contributed by atoms with Gasteiger partial charge in [-0.1, -0.05) is 32.2 Å². The van der Waals surface area contributed by atoms with Crippen LogP contribution in [0.5, 0.6) is 0 Å². The lowest BCUT2D eigenvalue weighted by atomic mass is 10.5. The summed E-state index contributed by atoms with van der Waals surface area (Å²) < 4.78 is 9.88. The van der Waals surface area contributed by atoms with Crippen LogP contribution in [-0.2, 0) is 19.1 Å². The van der Waals surface area contributed by atoms with E-state index < -0.39 is 5.44 Å². The molecule has 1 atom stereocenters. The first-order chi connectivity index (χ1) is 7.13. The van der Waals surface area contributed by atoms with Crippen molar-refractivity contribution < 1.29 is 19.1 Å². The third-order valence-corrected chi connectivity index (χ3v) is 2.20. The summed E-state index contributed by atoms with van der Waals surface area (Å²) in [7, 11) is 0. The molecule has 0 bridgehead atoms. The van der Waals surface area contributed by atoms with Crippen LogP contribution in [0.25, 0.3) is 0 Å². The van der Waals surface area contributed by atoms with Crippen LogP contribution in [0.3, 0.4) is 0 Å². The average Bonchev–Trinajstić information content (AvgIpc) is 2.25. The molecule has 0 aromatic rings. The Bertz CT molecular complexity index is 227. The van der Waals surface area contributed by atoms with Crippen molar-refractivity contribution in [3.63, 3.8) is 0 Å². The quantitative estimate of drug-likeness (QED) is 0.497. The molecule has 0 aliphatic heterocycles. The van der Waals surface area contributed by atoms with Crippen molar-refractivity contribution in [3.8, 4) is 0 Å². The van der Waals surface area contributed by atoms with E-state index in [2.05, 4.69) is 6.58 Å². The summed E-state index contributed by atoms with van der Waals surface area (Å²) >= 11 is 1.22. The van der Waals surface area contributed by atoms with Crippen molar-refractivity contribution in [3.05, 3.63) is 12.0 Å². The zero-order chi connectivity index (χ0) is 11.7. The topological polar surface area (TPSA) is 52.6 Å². The van der Waals surface area contributed by atoms with Gasteiger partial charge in [0.15, 0.2) is 5.44 Å². The molecule has 0 amide bonds. The van der Waals surface area contributed by atoms with E-state index in [1.54, 1.807) is 19.3 Å².